The molecule has 1 fully saturated rings. The van der Waals surface area contributed by atoms with Crippen molar-refractivity contribution in [2.24, 2.45) is 17.1 Å². The minimum absolute atomic E-state index is 0.0741. The molecule has 1 aliphatic rings. The molecular formula is C17H27BrN2. The fraction of sp³-hybridized carbons (Fsp3) is 0.647. The van der Waals surface area contributed by atoms with Crippen LogP contribution in [-0.2, 0) is 0 Å². The van der Waals surface area contributed by atoms with Gasteiger partial charge in [-0.05, 0) is 48.8 Å². The zero-order valence-corrected chi connectivity index (χ0v) is 14.7. The van der Waals surface area contributed by atoms with E-state index in [9.17, 15) is 0 Å². The van der Waals surface area contributed by atoms with E-state index in [0.29, 0.717) is 5.41 Å². The lowest BCUT2D eigenvalue weighted by atomic mass is 9.75. The highest BCUT2D eigenvalue weighted by molar-refractivity contribution is 9.10. The molecule has 0 saturated carbocycles. The summed E-state index contributed by atoms with van der Waals surface area (Å²) in [6.07, 6.45) is 2.58. The number of rotatable bonds is 2. The summed E-state index contributed by atoms with van der Waals surface area (Å²) in [4.78, 5) is 2.50. The molecule has 0 unspecified atom stereocenters. The molecule has 0 spiro atoms. The Labute approximate surface area is 131 Å². The number of hydrogen-bond donors (Lipinski definition) is 1. The smallest absolute Gasteiger partial charge is 0.0377 e. The third-order valence-electron chi connectivity index (χ3n) is 4.56. The molecule has 0 aliphatic carbocycles. The Morgan fingerprint density at radius 2 is 1.85 bits per heavy atom. The van der Waals surface area contributed by atoms with Crippen LogP contribution in [0.2, 0.25) is 0 Å². The molecular weight excluding hydrogens is 312 g/mol. The van der Waals surface area contributed by atoms with Crippen molar-refractivity contribution in [3.63, 3.8) is 0 Å². The van der Waals surface area contributed by atoms with Gasteiger partial charge in [0.05, 0.1) is 0 Å². The first kappa shape index (κ1) is 15.8. The van der Waals surface area contributed by atoms with Crippen LogP contribution in [0.4, 0.5) is 5.69 Å². The first-order valence-electron chi connectivity index (χ1n) is 7.59. The van der Waals surface area contributed by atoms with E-state index in [0.717, 1.165) is 23.5 Å². The van der Waals surface area contributed by atoms with Gasteiger partial charge in [0, 0.05) is 29.3 Å². The Balaban J connectivity index is 2.06. The summed E-state index contributed by atoms with van der Waals surface area (Å²) in [5, 5.41) is 0. The van der Waals surface area contributed by atoms with Crippen molar-refractivity contribution >= 4 is 21.6 Å². The zero-order valence-electron chi connectivity index (χ0n) is 13.1. The van der Waals surface area contributed by atoms with Crippen molar-refractivity contribution in [2.45, 2.75) is 46.6 Å². The Bertz CT molecular complexity index is 455. The summed E-state index contributed by atoms with van der Waals surface area (Å²) in [5.41, 5.74) is 8.89. The van der Waals surface area contributed by atoms with Gasteiger partial charge in [-0.15, -0.1) is 0 Å². The number of nitrogens with zero attached hydrogens (tertiary/aromatic N) is 1. The number of anilines is 1. The molecule has 2 nitrogen and oxygen atoms in total. The summed E-state index contributed by atoms with van der Waals surface area (Å²) in [5.74, 6) is 0.838. The standard InChI is InChI=1S/C17H27BrN2/c1-12(19)15-6-5-14(11-16(15)18)20-9-7-13(8-10-20)17(2,3)4/h5-6,11-13H,7-10,19H2,1-4H3/t12-/m0/s1. The minimum Gasteiger partial charge on any atom is -0.371 e. The number of hydrogen-bond acceptors (Lipinski definition) is 2. The maximum absolute atomic E-state index is 5.97. The number of nitrogens with two attached hydrogens (primary N) is 1. The van der Waals surface area contributed by atoms with E-state index in [1.807, 2.05) is 6.92 Å². The Hall–Kier alpha value is -0.540. The fourth-order valence-corrected chi connectivity index (χ4v) is 3.81. The molecule has 2 rings (SSSR count). The fourth-order valence-electron chi connectivity index (χ4n) is 3.09. The molecule has 0 radical (unpaired) electrons. The molecule has 1 heterocycles. The van der Waals surface area contributed by atoms with E-state index < -0.39 is 0 Å². The van der Waals surface area contributed by atoms with Crippen LogP contribution in [0.3, 0.4) is 0 Å². The molecule has 0 amide bonds. The number of halogens is 1. The van der Waals surface area contributed by atoms with Gasteiger partial charge in [-0.2, -0.15) is 0 Å². The topological polar surface area (TPSA) is 29.3 Å². The highest BCUT2D eigenvalue weighted by Gasteiger charge is 2.28. The van der Waals surface area contributed by atoms with Crippen molar-refractivity contribution in [3.05, 3.63) is 28.2 Å². The van der Waals surface area contributed by atoms with Crippen LogP contribution in [0.15, 0.2) is 22.7 Å². The van der Waals surface area contributed by atoms with Crippen molar-refractivity contribution in [1.29, 1.82) is 0 Å². The monoisotopic (exact) mass is 338 g/mol. The van der Waals surface area contributed by atoms with Gasteiger partial charge in [-0.3, -0.25) is 0 Å². The van der Waals surface area contributed by atoms with Crippen LogP contribution in [0, 0.1) is 11.3 Å². The Morgan fingerprint density at radius 3 is 2.30 bits per heavy atom. The second kappa shape index (κ2) is 6.07. The first-order chi connectivity index (χ1) is 9.29. The van der Waals surface area contributed by atoms with E-state index >= 15 is 0 Å². The second-order valence-corrected chi connectivity index (χ2v) is 7.98. The van der Waals surface area contributed by atoms with E-state index in [4.69, 9.17) is 5.73 Å². The molecule has 1 aliphatic heterocycles. The largest absolute Gasteiger partial charge is 0.371 e. The molecule has 2 N–H and O–H groups in total. The average Bonchev–Trinajstić information content (AvgIpc) is 2.37. The Kier molecular flexibility index (Phi) is 4.80. The van der Waals surface area contributed by atoms with Crippen LogP contribution < -0.4 is 10.6 Å². The third kappa shape index (κ3) is 3.56. The molecule has 112 valence electrons. The van der Waals surface area contributed by atoms with Crippen LogP contribution in [0.1, 0.15) is 52.1 Å². The first-order valence-corrected chi connectivity index (χ1v) is 8.38. The van der Waals surface area contributed by atoms with E-state index in [2.05, 4.69) is 59.8 Å². The molecule has 20 heavy (non-hydrogen) atoms. The summed E-state index contributed by atoms with van der Waals surface area (Å²) < 4.78 is 1.13. The highest BCUT2D eigenvalue weighted by atomic mass is 79.9. The molecule has 1 aromatic rings. The van der Waals surface area contributed by atoms with Gasteiger partial charge in [0.2, 0.25) is 0 Å². The third-order valence-corrected chi connectivity index (χ3v) is 5.25. The number of benzene rings is 1. The molecule has 3 heteroatoms. The highest BCUT2D eigenvalue weighted by Crippen LogP contribution is 2.36. The van der Waals surface area contributed by atoms with Gasteiger partial charge in [0.25, 0.3) is 0 Å². The van der Waals surface area contributed by atoms with Crippen molar-refractivity contribution < 1.29 is 0 Å². The van der Waals surface area contributed by atoms with Gasteiger partial charge in [0.15, 0.2) is 0 Å². The van der Waals surface area contributed by atoms with Crippen LogP contribution in [-0.4, -0.2) is 13.1 Å². The van der Waals surface area contributed by atoms with Crippen LogP contribution in [0.5, 0.6) is 0 Å². The molecule has 0 bridgehead atoms. The average molecular weight is 339 g/mol. The zero-order chi connectivity index (χ0) is 14.9. The van der Waals surface area contributed by atoms with E-state index in [1.54, 1.807) is 0 Å². The van der Waals surface area contributed by atoms with Crippen molar-refractivity contribution in [2.75, 3.05) is 18.0 Å². The van der Waals surface area contributed by atoms with Gasteiger partial charge in [-0.1, -0.05) is 42.8 Å². The predicted octanol–water partition coefficient (Wildman–Crippen LogP) is 4.73. The maximum Gasteiger partial charge on any atom is 0.0377 e. The lowest BCUT2D eigenvalue weighted by Crippen LogP contribution is -2.38. The van der Waals surface area contributed by atoms with Crippen LogP contribution >= 0.6 is 15.9 Å². The summed E-state index contributed by atoms with van der Waals surface area (Å²) in [7, 11) is 0. The van der Waals surface area contributed by atoms with Crippen molar-refractivity contribution in [1.82, 2.24) is 0 Å². The lowest BCUT2D eigenvalue weighted by molar-refractivity contribution is 0.199. The van der Waals surface area contributed by atoms with Crippen molar-refractivity contribution in [3.8, 4) is 0 Å². The normalized spacial score (nSPS) is 19.2. The Morgan fingerprint density at radius 1 is 1.25 bits per heavy atom. The summed E-state index contributed by atoms with van der Waals surface area (Å²) in [6, 6.07) is 6.65. The molecule has 1 aromatic carbocycles. The van der Waals surface area contributed by atoms with E-state index in [1.165, 1.54) is 24.1 Å². The maximum atomic E-state index is 5.97. The second-order valence-electron chi connectivity index (χ2n) is 7.12. The van der Waals surface area contributed by atoms with Gasteiger partial charge >= 0.3 is 0 Å². The summed E-state index contributed by atoms with van der Waals surface area (Å²) in [6.45, 7) is 11.4. The van der Waals surface area contributed by atoms with E-state index in [-0.39, 0.29) is 6.04 Å². The number of piperidine rings is 1. The predicted molar refractivity (Wildman–Crippen MR) is 91.1 cm³/mol. The molecule has 1 atom stereocenters. The molecule has 0 aromatic heterocycles. The lowest BCUT2D eigenvalue weighted by Gasteiger charge is -2.40. The SMILES string of the molecule is C[C@H](N)c1ccc(N2CCC(C(C)(C)C)CC2)cc1Br. The van der Waals surface area contributed by atoms with Gasteiger partial charge in [0.1, 0.15) is 0 Å². The van der Waals surface area contributed by atoms with Crippen LogP contribution in [0.25, 0.3) is 0 Å². The molecule has 1 saturated heterocycles. The summed E-state index contributed by atoms with van der Waals surface area (Å²) >= 11 is 3.65. The quantitative estimate of drug-likeness (QED) is 0.844. The minimum atomic E-state index is 0.0741. The van der Waals surface area contributed by atoms with Gasteiger partial charge in [-0.25, -0.2) is 0 Å². The van der Waals surface area contributed by atoms with Gasteiger partial charge < -0.3 is 10.6 Å².